The quantitative estimate of drug-likeness (QED) is 0.762. The Morgan fingerprint density at radius 2 is 1.94 bits per heavy atom. The summed E-state index contributed by atoms with van der Waals surface area (Å²) in [5, 5.41) is 3.48. The van der Waals surface area contributed by atoms with Crippen LogP contribution >= 0.6 is 0 Å². The molecule has 0 radical (unpaired) electrons. The normalized spacial score (nSPS) is 26.4. The molecular formula is C12H26N2O2S. The van der Waals surface area contributed by atoms with Gasteiger partial charge in [-0.25, -0.2) is 13.1 Å². The molecule has 0 saturated heterocycles. The standard InChI is InChI=1S/C12H26N2O2S/c1-5-10-6-7-11(8-10)13-9-12(2,3)14-17(4,15)16/h10-11,13-14H,5-9H2,1-4H3. The van der Waals surface area contributed by atoms with E-state index in [1.807, 2.05) is 13.8 Å². The minimum Gasteiger partial charge on any atom is -0.312 e. The van der Waals surface area contributed by atoms with Crippen LogP contribution in [0.1, 0.15) is 46.5 Å². The maximum Gasteiger partial charge on any atom is 0.209 e. The number of sulfonamides is 1. The Kier molecular flexibility index (Phi) is 4.98. The Morgan fingerprint density at radius 1 is 1.29 bits per heavy atom. The summed E-state index contributed by atoms with van der Waals surface area (Å²) < 4.78 is 25.1. The van der Waals surface area contributed by atoms with Gasteiger partial charge >= 0.3 is 0 Å². The van der Waals surface area contributed by atoms with E-state index >= 15 is 0 Å². The van der Waals surface area contributed by atoms with Crippen molar-refractivity contribution in [3.05, 3.63) is 0 Å². The van der Waals surface area contributed by atoms with Crippen molar-refractivity contribution in [3.63, 3.8) is 0 Å². The van der Waals surface area contributed by atoms with Crippen molar-refractivity contribution in [1.82, 2.24) is 10.0 Å². The summed E-state index contributed by atoms with van der Waals surface area (Å²) in [6.07, 6.45) is 6.20. The van der Waals surface area contributed by atoms with Gasteiger partial charge in [-0.05, 0) is 39.0 Å². The molecule has 0 aliphatic heterocycles. The molecule has 0 heterocycles. The molecule has 0 aromatic rings. The highest BCUT2D eigenvalue weighted by molar-refractivity contribution is 7.88. The third kappa shape index (κ3) is 5.84. The molecule has 1 aliphatic rings. The van der Waals surface area contributed by atoms with E-state index in [2.05, 4.69) is 17.0 Å². The summed E-state index contributed by atoms with van der Waals surface area (Å²) in [4.78, 5) is 0. The number of nitrogens with one attached hydrogen (secondary N) is 2. The van der Waals surface area contributed by atoms with Crippen LogP contribution in [0.5, 0.6) is 0 Å². The zero-order chi connectivity index (χ0) is 13.1. The monoisotopic (exact) mass is 262 g/mol. The molecule has 0 aromatic carbocycles. The van der Waals surface area contributed by atoms with Gasteiger partial charge in [0.15, 0.2) is 0 Å². The van der Waals surface area contributed by atoms with E-state index < -0.39 is 15.6 Å². The van der Waals surface area contributed by atoms with Crippen molar-refractivity contribution in [2.45, 2.75) is 58.0 Å². The summed E-state index contributed by atoms with van der Waals surface area (Å²) in [6.45, 7) is 6.74. The van der Waals surface area contributed by atoms with Crippen LogP contribution in [-0.2, 0) is 10.0 Å². The second kappa shape index (κ2) is 5.67. The number of hydrogen-bond acceptors (Lipinski definition) is 3. The van der Waals surface area contributed by atoms with Gasteiger partial charge in [-0.3, -0.25) is 0 Å². The maximum atomic E-state index is 11.2. The van der Waals surface area contributed by atoms with Gasteiger partial charge in [-0.2, -0.15) is 0 Å². The first-order valence-corrected chi connectivity index (χ1v) is 8.33. The molecule has 1 aliphatic carbocycles. The van der Waals surface area contributed by atoms with Crippen LogP contribution in [-0.4, -0.2) is 32.8 Å². The second-order valence-electron chi connectivity index (χ2n) is 5.92. The average Bonchev–Trinajstić information content (AvgIpc) is 2.58. The van der Waals surface area contributed by atoms with Gasteiger partial charge in [0.25, 0.3) is 0 Å². The van der Waals surface area contributed by atoms with Gasteiger partial charge in [0, 0.05) is 18.1 Å². The first-order chi connectivity index (χ1) is 7.72. The topological polar surface area (TPSA) is 58.2 Å². The summed E-state index contributed by atoms with van der Waals surface area (Å²) in [5.74, 6) is 0.846. The van der Waals surface area contributed by atoms with E-state index in [-0.39, 0.29) is 0 Å². The number of hydrogen-bond donors (Lipinski definition) is 2. The smallest absolute Gasteiger partial charge is 0.209 e. The highest BCUT2D eigenvalue weighted by Gasteiger charge is 2.27. The van der Waals surface area contributed by atoms with E-state index in [9.17, 15) is 8.42 Å². The molecule has 4 nitrogen and oxygen atoms in total. The predicted octanol–water partition coefficient (Wildman–Crippen LogP) is 1.48. The lowest BCUT2D eigenvalue weighted by Gasteiger charge is -2.27. The third-order valence-electron chi connectivity index (χ3n) is 3.41. The fourth-order valence-electron chi connectivity index (χ4n) is 2.57. The molecule has 102 valence electrons. The summed E-state index contributed by atoms with van der Waals surface area (Å²) in [5.41, 5.74) is -0.419. The first kappa shape index (κ1) is 14.9. The Morgan fingerprint density at radius 3 is 2.41 bits per heavy atom. The molecule has 2 atom stereocenters. The maximum absolute atomic E-state index is 11.2. The van der Waals surface area contributed by atoms with E-state index in [1.54, 1.807) is 0 Å². The van der Waals surface area contributed by atoms with Crippen molar-refractivity contribution in [2.75, 3.05) is 12.8 Å². The van der Waals surface area contributed by atoms with Gasteiger partial charge in [-0.1, -0.05) is 13.3 Å². The van der Waals surface area contributed by atoms with E-state index in [4.69, 9.17) is 0 Å². The molecule has 1 saturated carbocycles. The van der Waals surface area contributed by atoms with Gasteiger partial charge < -0.3 is 5.32 Å². The van der Waals surface area contributed by atoms with E-state index in [0.717, 1.165) is 5.92 Å². The minimum atomic E-state index is -3.13. The molecule has 17 heavy (non-hydrogen) atoms. The fourth-order valence-corrected chi connectivity index (χ4v) is 3.64. The molecular weight excluding hydrogens is 236 g/mol. The predicted molar refractivity (Wildman–Crippen MR) is 71.5 cm³/mol. The van der Waals surface area contributed by atoms with Crippen molar-refractivity contribution in [2.24, 2.45) is 5.92 Å². The SMILES string of the molecule is CCC1CCC(NCC(C)(C)NS(C)(=O)=O)C1. The lowest BCUT2D eigenvalue weighted by Crippen LogP contribution is -2.51. The molecule has 5 heteroatoms. The zero-order valence-corrected chi connectivity index (χ0v) is 12.2. The Bertz CT molecular complexity index is 338. The Labute approximate surface area is 106 Å². The van der Waals surface area contributed by atoms with Gasteiger partial charge in [0.1, 0.15) is 0 Å². The molecule has 2 unspecified atom stereocenters. The van der Waals surface area contributed by atoms with E-state index in [1.165, 1.54) is 31.9 Å². The molecule has 0 aromatic heterocycles. The third-order valence-corrected chi connectivity index (χ3v) is 4.34. The Hall–Kier alpha value is -0.130. The minimum absolute atomic E-state index is 0.419. The van der Waals surface area contributed by atoms with Crippen LogP contribution < -0.4 is 10.0 Å². The molecule has 0 bridgehead atoms. The van der Waals surface area contributed by atoms with Crippen molar-refractivity contribution in [1.29, 1.82) is 0 Å². The number of rotatable bonds is 6. The molecule has 0 spiro atoms. The molecule has 1 rings (SSSR count). The largest absolute Gasteiger partial charge is 0.312 e. The Balaban J connectivity index is 2.35. The van der Waals surface area contributed by atoms with Crippen LogP contribution in [0.25, 0.3) is 0 Å². The molecule has 2 N–H and O–H groups in total. The highest BCUT2D eigenvalue weighted by Crippen LogP contribution is 2.27. The van der Waals surface area contributed by atoms with Crippen LogP contribution in [0.4, 0.5) is 0 Å². The van der Waals surface area contributed by atoms with Crippen molar-refractivity contribution < 1.29 is 8.42 Å². The van der Waals surface area contributed by atoms with E-state index in [0.29, 0.717) is 12.6 Å². The zero-order valence-electron chi connectivity index (χ0n) is 11.4. The van der Waals surface area contributed by atoms with Gasteiger partial charge in [-0.15, -0.1) is 0 Å². The van der Waals surface area contributed by atoms with Gasteiger partial charge in [0.05, 0.1) is 6.26 Å². The summed E-state index contributed by atoms with van der Waals surface area (Å²) in [6, 6.07) is 0.556. The van der Waals surface area contributed by atoms with Crippen molar-refractivity contribution >= 4 is 10.0 Å². The van der Waals surface area contributed by atoms with Crippen LogP contribution in [0.15, 0.2) is 0 Å². The lowest BCUT2D eigenvalue weighted by atomic mass is 10.0. The first-order valence-electron chi connectivity index (χ1n) is 6.44. The van der Waals surface area contributed by atoms with Gasteiger partial charge in [0.2, 0.25) is 10.0 Å². The van der Waals surface area contributed by atoms with Crippen molar-refractivity contribution in [3.8, 4) is 0 Å². The summed E-state index contributed by atoms with van der Waals surface area (Å²) >= 11 is 0. The molecule has 1 fully saturated rings. The van der Waals surface area contributed by atoms with Crippen LogP contribution in [0.3, 0.4) is 0 Å². The fraction of sp³-hybridized carbons (Fsp3) is 1.00. The van der Waals surface area contributed by atoms with Crippen LogP contribution in [0, 0.1) is 5.92 Å². The average molecular weight is 262 g/mol. The van der Waals surface area contributed by atoms with Crippen LogP contribution in [0.2, 0.25) is 0 Å². The summed E-state index contributed by atoms with van der Waals surface area (Å²) in [7, 11) is -3.13. The molecule has 0 amide bonds. The lowest BCUT2D eigenvalue weighted by molar-refractivity contribution is 0.382. The highest BCUT2D eigenvalue weighted by atomic mass is 32.2. The second-order valence-corrected chi connectivity index (χ2v) is 7.67.